The van der Waals surface area contributed by atoms with Crippen LogP contribution >= 0.6 is 27.5 Å². The van der Waals surface area contributed by atoms with Crippen LogP contribution in [0, 0.1) is 5.82 Å². The van der Waals surface area contributed by atoms with Crippen LogP contribution in [0.5, 0.6) is 0 Å². The van der Waals surface area contributed by atoms with Crippen molar-refractivity contribution in [2.45, 2.75) is 19.5 Å². The molecule has 1 nitrogen and oxygen atoms in total. The molecule has 1 atom stereocenters. The molecule has 0 heterocycles. The van der Waals surface area contributed by atoms with E-state index in [1.807, 2.05) is 31.2 Å². The van der Waals surface area contributed by atoms with Gasteiger partial charge in [-0.1, -0.05) is 45.7 Å². The van der Waals surface area contributed by atoms with Crippen molar-refractivity contribution in [1.29, 1.82) is 0 Å². The summed E-state index contributed by atoms with van der Waals surface area (Å²) in [5.74, 6) is -0.231. The lowest BCUT2D eigenvalue weighted by Gasteiger charge is -2.16. The highest BCUT2D eigenvalue weighted by molar-refractivity contribution is 9.10. The summed E-state index contributed by atoms with van der Waals surface area (Å²) >= 11 is 9.57. The van der Waals surface area contributed by atoms with Crippen LogP contribution < -0.4 is 5.32 Å². The molecule has 1 N–H and O–H groups in total. The van der Waals surface area contributed by atoms with Gasteiger partial charge in [0.15, 0.2) is 0 Å². The Balaban J connectivity index is 2.06. The monoisotopic (exact) mass is 341 g/mol. The predicted molar refractivity (Wildman–Crippen MR) is 80.8 cm³/mol. The summed E-state index contributed by atoms with van der Waals surface area (Å²) in [5, 5.41) is 4.08. The van der Waals surface area contributed by atoms with E-state index < -0.39 is 0 Å². The Morgan fingerprint density at radius 1 is 1.26 bits per heavy atom. The molecule has 100 valence electrons. The fourth-order valence-electron chi connectivity index (χ4n) is 1.88. The Morgan fingerprint density at radius 2 is 2.00 bits per heavy atom. The van der Waals surface area contributed by atoms with E-state index in [2.05, 4.69) is 21.2 Å². The van der Waals surface area contributed by atoms with Crippen molar-refractivity contribution in [3.05, 3.63) is 68.9 Å². The molecule has 0 amide bonds. The maximum Gasteiger partial charge on any atom is 0.123 e. The van der Waals surface area contributed by atoms with Gasteiger partial charge in [0.05, 0.1) is 0 Å². The van der Waals surface area contributed by atoms with Crippen molar-refractivity contribution >= 4 is 27.5 Å². The first kappa shape index (κ1) is 14.5. The predicted octanol–water partition coefficient (Wildman–Crippen LogP) is 5.09. The minimum Gasteiger partial charge on any atom is -0.306 e. The average molecular weight is 343 g/mol. The molecule has 0 aliphatic rings. The van der Waals surface area contributed by atoms with Gasteiger partial charge in [0.2, 0.25) is 0 Å². The second kappa shape index (κ2) is 6.51. The van der Waals surface area contributed by atoms with E-state index in [-0.39, 0.29) is 11.9 Å². The second-order valence-corrected chi connectivity index (χ2v) is 5.62. The van der Waals surface area contributed by atoms with E-state index in [9.17, 15) is 4.39 Å². The number of nitrogens with one attached hydrogen (secondary N) is 1. The molecule has 4 heteroatoms. The van der Waals surface area contributed by atoms with Crippen LogP contribution in [0.4, 0.5) is 4.39 Å². The molecule has 0 spiro atoms. The molecule has 2 rings (SSSR count). The molecule has 0 radical (unpaired) electrons. The van der Waals surface area contributed by atoms with E-state index >= 15 is 0 Å². The maximum atomic E-state index is 13.2. The number of benzene rings is 2. The molecule has 0 saturated carbocycles. The summed E-state index contributed by atoms with van der Waals surface area (Å²) in [7, 11) is 0. The molecule has 0 aliphatic carbocycles. The minimum atomic E-state index is -0.231. The zero-order valence-electron chi connectivity index (χ0n) is 10.5. The van der Waals surface area contributed by atoms with Crippen LogP contribution in [0.15, 0.2) is 46.9 Å². The zero-order chi connectivity index (χ0) is 13.8. The molecular formula is C15H14BrClFN. The lowest BCUT2D eigenvalue weighted by molar-refractivity contribution is 0.568. The lowest BCUT2D eigenvalue weighted by Crippen LogP contribution is -2.18. The third-order valence-electron chi connectivity index (χ3n) is 2.98. The molecule has 0 saturated heterocycles. The average Bonchev–Trinajstić information content (AvgIpc) is 2.40. The van der Waals surface area contributed by atoms with Crippen molar-refractivity contribution < 1.29 is 4.39 Å². The summed E-state index contributed by atoms with van der Waals surface area (Å²) in [6.45, 7) is 2.61. The van der Waals surface area contributed by atoms with Crippen molar-refractivity contribution in [1.82, 2.24) is 5.32 Å². The molecule has 2 aromatic rings. The van der Waals surface area contributed by atoms with Crippen molar-refractivity contribution in [2.75, 3.05) is 0 Å². The van der Waals surface area contributed by atoms with Crippen LogP contribution in [0.3, 0.4) is 0 Å². The highest BCUT2D eigenvalue weighted by Crippen LogP contribution is 2.23. The summed E-state index contributed by atoms with van der Waals surface area (Å²) < 4.78 is 14.1. The normalized spacial score (nSPS) is 12.4. The Bertz CT molecular complexity index is 574. The number of hydrogen-bond acceptors (Lipinski definition) is 1. The molecule has 19 heavy (non-hydrogen) atoms. The van der Waals surface area contributed by atoms with Crippen LogP contribution in [-0.4, -0.2) is 0 Å². The van der Waals surface area contributed by atoms with Gasteiger partial charge in [-0.25, -0.2) is 4.39 Å². The Kier molecular flexibility index (Phi) is 4.97. The van der Waals surface area contributed by atoms with Crippen molar-refractivity contribution in [2.24, 2.45) is 0 Å². The van der Waals surface area contributed by atoms with Crippen molar-refractivity contribution in [3.63, 3.8) is 0 Å². The lowest BCUT2D eigenvalue weighted by atomic mass is 10.1. The summed E-state index contributed by atoms with van der Waals surface area (Å²) in [4.78, 5) is 0. The van der Waals surface area contributed by atoms with Gasteiger partial charge in [0, 0.05) is 22.1 Å². The van der Waals surface area contributed by atoms with E-state index in [0.29, 0.717) is 6.54 Å². The zero-order valence-corrected chi connectivity index (χ0v) is 12.8. The molecule has 2 aromatic carbocycles. The van der Waals surface area contributed by atoms with Crippen LogP contribution in [0.25, 0.3) is 0 Å². The van der Waals surface area contributed by atoms with Crippen molar-refractivity contribution in [3.8, 4) is 0 Å². The fourth-order valence-corrected chi connectivity index (χ4v) is 2.56. The van der Waals surface area contributed by atoms with E-state index in [1.165, 1.54) is 12.1 Å². The summed E-state index contributed by atoms with van der Waals surface area (Å²) in [6, 6.07) is 12.5. The minimum absolute atomic E-state index is 0.101. The van der Waals surface area contributed by atoms with Gasteiger partial charge in [-0.3, -0.25) is 0 Å². The number of hydrogen-bond donors (Lipinski definition) is 1. The largest absolute Gasteiger partial charge is 0.306 e. The summed E-state index contributed by atoms with van der Waals surface area (Å²) in [5.41, 5.74) is 1.93. The highest BCUT2D eigenvalue weighted by Gasteiger charge is 2.09. The molecule has 0 aliphatic heterocycles. The molecule has 0 aromatic heterocycles. The fraction of sp³-hybridized carbons (Fsp3) is 0.200. The third kappa shape index (κ3) is 3.78. The number of halogens is 3. The molecule has 0 unspecified atom stereocenters. The standard InChI is InChI=1S/C15H14BrClFN/c1-10(13-4-2-3-5-15(13)17)19-9-11-8-12(18)6-7-14(11)16/h2-8,10,19H,9H2,1H3/t10-/m1/s1. The van der Waals surface area contributed by atoms with Crippen LogP contribution in [0.1, 0.15) is 24.1 Å². The van der Waals surface area contributed by atoms with Crippen LogP contribution in [0.2, 0.25) is 5.02 Å². The first-order valence-electron chi connectivity index (χ1n) is 5.99. The van der Waals surface area contributed by atoms with Gasteiger partial charge < -0.3 is 5.32 Å². The van der Waals surface area contributed by atoms with E-state index in [0.717, 1.165) is 20.6 Å². The quantitative estimate of drug-likeness (QED) is 0.816. The SMILES string of the molecule is C[C@@H](NCc1cc(F)ccc1Br)c1ccccc1Cl. The van der Waals surface area contributed by atoms with E-state index in [4.69, 9.17) is 11.6 Å². The van der Waals surface area contributed by atoms with Crippen LogP contribution in [-0.2, 0) is 6.54 Å². The van der Waals surface area contributed by atoms with Gasteiger partial charge in [0.1, 0.15) is 5.82 Å². The smallest absolute Gasteiger partial charge is 0.123 e. The van der Waals surface area contributed by atoms with Gasteiger partial charge in [0.25, 0.3) is 0 Å². The maximum absolute atomic E-state index is 13.2. The molecule has 0 fully saturated rings. The topological polar surface area (TPSA) is 12.0 Å². The Labute approximate surface area is 125 Å². The first-order valence-corrected chi connectivity index (χ1v) is 7.17. The Hall–Kier alpha value is -0.900. The van der Waals surface area contributed by atoms with Gasteiger partial charge in [-0.05, 0) is 42.3 Å². The highest BCUT2D eigenvalue weighted by atomic mass is 79.9. The van der Waals surface area contributed by atoms with Gasteiger partial charge in [-0.15, -0.1) is 0 Å². The second-order valence-electron chi connectivity index (χ2n) is 4.36. The van der Waals surface area contributed by atoms with Gasteiger partial charge >= 0.3 is 0 Å². The van der Waals surface area contributed by atoms with Gasteiger partial charge in [-0.2, -0.15) is 0 Å². The summed E-state index contributed by atoms with van der Waals surface area (Å²) in [6.07, 6.45) is 0. The Morgan fingerprint density at radius 3 is 2.74 bits per heavy atom. The third-order valence-corrected chi connectivity index (χ3v) is 4.10. The van der Waals surface area contributed by atoms with E-state index in [1.54, 1.807) is 6.07 Å². The molecule has 0 bridgehead atoms. The molecular weight excluding hydrogens is 329 g/mol. The first-order chi connectivity index (χ1) is 9.08. The number of rotatable bonds is 4.